The first-order valence-electron chi connectivity index (χ1n) is 7.15. The largest absolute Gasteiger partial charge is 0.314 e. The Morgan fingerprint density at radius 3 is 2.58 bits per heavy atom. The van der Waals surface area contributed by atoms with Gasteiger partial charge in [0, 0.05) is 32.2 Å². The molecule has 0 unspecified atom stereocenters. The Morgan fingerprint density at radius 1 is 1.26 bits per heavy atom. The highest BCUT2D eigenvalue weighted by molar-refractivity contribution is 9.10. The van der Waals surface area contributed by atoms with E-state index < -0.39 is 0 Å². The van der Waals surface area contributed by atoms with E-state index in [4.69, 9.17) is 0 Å². The van der Waals surface area contributed by atoms with Crippen molar-refractivity contribution in [3.63, 3.8) is 0 Å². The molecule has 4 heteroatoms. The van der Waals surface area contributed by atoms with E-state index in [-0.39, 0.29) is 5.82 Å². The van der Waals surface area contributed by atoms with E-state index in [1.54, 1.807) is 6.07 Å². The number of nitrogens with zero attached hydrogens (tertiary/aromatic N) is 1. The van der Waals surface area contributed by atoms with Crippen LogP contribution in [0.15, 0.2) is 22.7 Å². The van der Waals surface area contributed by atoms with Gasteiger partial charge in [-0.3, -0.25) is 4.90 Å². The predicted octanol–water partition coefficient (Wildman–Crippen LogP) is 3.33. The third kappa shape index (κ3) is 2.86. The van der Waals surface area contributed by atoms with Crippen LogP contribution < -0.4 is 5.32 Å². The minimum atomic E-state index is -0.142. The number of halogens is 2. The Hall–Kier alpha value is -0.450. The molecular weight excluding hydrogens is 307 g/mol. The van der Waals surface area contributed by atoms with Crippen LogP contribution in [0, 0.1) is 11.7 Å². The SMILES string of the molecule is Fc1cc([C@H](C2CCC2)N2CCNCC2)ccc1Br. The number of piperazine rings is 1. The molecule has 3 rings (SSSR count). The summed E-state index contributed by atoms with van der Waals surface area (Å²) in [4.78, 5) is 2.53. The maximum Gasteiger partial charge on any atom is 0.137 e. The zero-order chi connectivity index (χ0) is 13.2. The summed E-state index contributed by atoms with van der Waals surface area (Å²) in [5.41, 5.74) is 1.15. The smallest absolute Gasteiger partial charge is 0.137 e. The van der Waals surface area contributed by atoms with E-state index in [9.17, 15) is 4.39 Å². The average molecular weight is 327 g/mol. The summed E-state index contributed by atoms with van der Waals surface area (Å²) < 4.78 is 14.4. The molecule has 0 amide bonds. The molecule has 1 heterocycles. The van der Waals surface area contributed by atoms with Gasteiger partial charge in [0.1, 0.15) is 5.82 Å². The molecule has 19 heavy (non-hydrogen) atoms. The topological polar surface area (TPSA) is 15.3 Å². The predicted molar refractivity (Wildman–Crippen MR) is 78.6 cm³/mol. The second-order valence-corrected chi connectivity index (χ2v) is 6.45. The standard InChI is InChI=1S/C15H20BrFN2/c16-13-5-4-12(10-14(13)17)15(11-2-1-3-11)19-8-6-18-7-9-19/h4-5,10-11,15,18H,1-3,6-9H2/t15-/m0/s1. The van der Waals surface area contributed by atoms with Gasteiger partial charge in [0.05, 0.1) is 4.47 Å². The summed E-state index contributed by atoms with van der Waals surface area (Å²) in [6.07, 6.45) is 3.89. The Morgan fingerprint density at radius 2 is 2.00 bits per heavy atom. The average Bonchev–Trinajstić information content (AvgIpc) is 2.38. The van der Waals surface area contributed by atoms with Crippen LogP contribution in [0.25, 0.3) is 0 Å². The maximum absolute atomic E-state index is 13.8. The second-order valence-electron chi connectivity index (χ2n) is 5.60. The molecule has 104 valence electrons. The lowest BCUT2D eigenvalue weighted by Gasteiger charge is -2.43. The Labute approximate surface area is 122 Å². The molecule has 0 aromatic heterocycles. The van der Waals surface area contributed by atoms with E-state index >= 15 is 0 Å². The molecule has 1 aromatic carbocycles. The fourth-order valence-electron chi connectivity index (χ4n) is 3.19. The van der Waals surface area contributed by atoms with Crippen molar-refractivity contribution in [1.82, 2.24) is 10.2 Å². The minimum absolute atomic E-state index is 0.142. The van der Waals surface area contributed by atoms with Crippen molar-refractivity contribution in [1.29, 1.82) is 0 Å². The van der Waals surface area contributed by atoms with E-state index in [0.29, 0.717) is 16.4 Å². The quantitative estimate of drug-likeness (QED) is 0.916. The summed E-state index contributed by atoms with van der Waals surface area (Å²) in [6, 6.07) is 6.05. The molecule has 0 spiro atoms. The van der Waals surface area contributed by atoms with E-state index in [1.165, 1.54) is 19.3 Å². The van der Waals surface area contributed by atoms with Crippen LogP contribution in [0.4, 0.5) is 4.39 Å². The summed E-state index contributed by atoms with van der Waals surface area (Å²) in [5, 5.41) is 3.39. The molecule has 0 bridgehead atoms. The van der Waals surface area contributed by atoms with Crippen molar-refractivity contribution in [2.24, 2.45) is 5.92 Å². The molecule has 1 saturated carbocycles. The van der Waals surface area contributed by atoms with Crippen molar-refractivity contribution in [3.05, 3.63) is 34.1 Å². The minimum Gasteiger partial charge on any atom is -0.314 e. The van der Waals surface area contributed by atoms with Gasteiger partial charge in [-0.15, -0.1) is 0 Å². The number of nitrogens with one attached hydrogen (secondary N) is 1. The second kappa shape index (κ2) is 5.90. The van der Waals surface area contributed by atoms with Gasteiger partial charge in [0.2, 0.25) is 0 Å². The van der Waals surface area contributed by atoms with E-state index in [0.717, 1.165) is 31.7 Å². The summed E-state index contributed by atoms with van der Waals surface area (Å²) in [6.45, 7) is 4.22. The zero-order valence-corrected chi connectivity index (χ0v) is 12.6. The van der Waals surface area contributed by atoms with Crippen LogP contribution in [0.1, 0.15) is 30.9 Å². The maximum atomic E-state index is 13.8. The molecule has 2 nitrogen and oxygen atoms in total. The van der Waals surface area contributed by atoms with Crippen LogP contribution in [0.3, 0.4) is 0 Å². The van der Waals surface area contributed by atoms with Crippen molar-refractivity contribution >= 4 is 15.9 Å². The van der Waals surface area contributed by atoms with Gasteiger partial charge >= 0.3 is 0 Å². The fourth-order valence-corrected chi connectivity index (χ4v) is 3.44. The monoisotopic (exact) mass is 326 g/mol. The first-order valence-corrected chi connectivity index (χ1v) is 7.95. The summed E-state index contributed by atoms with van der Waals surface area (Å²) in [5.74, 6) is 0.565. The van der Waals surface area contributed by atoms with Crippen LogP contribution in [-0.2, 0) is 0 Å². The first kappa shape index (κ1) is 13.5. The summed E-state index contributed by atoms with van der Waals surface area (Å²) in [7, 11) is 0. The highest BCUT2D eigenvalue weighted by atomic mass is 79.9. The lowest BCUT2D eigenvalue weighted by atomic mass is 9.76. The summed E-state index contributed by atoms with van der Waals surface area (Å²) >= 11 is 3.24. The molecule has 2 fully saturated rings. The Bertz CT molecular complexity index is 442. The molecule has 1 aliphatic carbocycles. The lowest BCUT2D eigenvalue weighted by Crippen LogP contribution is -2.47. The molecule has 0 radical (unpaired) electrons. The van der Waals surface area contributed by atoms with E-state index in [2.05, 4.69) is 32.2 Å². The van der Waals surface area contributed by atoms with Crippen molar-refractivity contribution in [2.45, 2.75) is 25.3 Å². The van der Waals surface area contributed by atoms with Gasteiger partial charge < -0.3 is 5.32 Å². The van der Waals surface area contributed by atoms with Gasteiger partial charge in [0.15, 0.2) is 0 Å². The van der Waals surface area contributed by atoms with Gasteiger partial charge in [-0.1, -0.05) is 12.5 Å². The molecule has 1 N–H and O–H groups in total. The van der Waals surface area contributed by atoms with Gasteiger partial charge in [-0.25, -0.2) is 4.39 Å². The van der Waals surface area contributed by atoms with Crippen LogP contribution in [0.5, 0.6) is 0 Å². The molecule has 1 aliphatic heterocycles. The lowest BCUT2D eigenvalue weighted by molar-refractivity contribution is 0.0835. The van der Waals surface area contributed by atoms with Crippen molar-refractivity contribution in [2.75, 3.05) is 26.2 Å². The van der Waals surface area contributed by atoms with Gasteiger partial charge in [0.25, 0.3) is 0 Å². The number of benzene rings is 1. The van der Waals surface area contributed by atoms with E-state index in [1.807, 2.05) is 6.07 Å². The van der Waals surface area contributed by atoms with Crippen molar-refractivity contribution in [3.8, 4) is 0 Å². The Kier molecular flexibility index (Phi) is 4.20. The Balaban J connectivity index is 1.86. The normalized spacial score (nSPS) is 23.1. The molecule has 2 aliphatic rings. The van der Waals surface area contributed by atoms with Crippen molar-refractivity contribution < 1.29 is 4.39 Å². The number of hydrogen-bond donors (Lipinski definition) is 1. The van der Waals surface area contributed by atoms with Crippen LogP contribution in [0.2, 0.25) is 0 Å². The molecule has 1 saturated heterocycles. The molecular formula is C15H20BrFN2. The van der Waals surface area contributed by atoms with Gasteiger partial charge in [-0.2, -0.15) is 0 Å². The van der Waals surface area contributed by atoms with Gasteiger partial charge in [-0.05, 0) is 52.4 Å². The first-order chi connectivity index (χ1) is 9.25. The fraction of sp³-hybridized carbons (Fsp3) is 0.600. The highest BCUT2D eigenvalue weighted by Gasteiger charge is 2.33. The molecule has 1 aromatic rings. The molecule has 1 atom stereocenters. The highest BCUT2D eigenvalue weighted by Crippen LogP contribution is 2.42. The van der Waals surface area contributed by atoms with Crippen LogP contribution in [-0.4, -0.2) is 31.1 Å². The number of rotatable bonds is 3. The third-order valence-corrected chi connectivity index (χ3v) is 5.07. The third-order valence-electron chi connectivity index (χ3n) is 4.43. The zero-order valence-electron chi connectivity index (χ0n) is 11.0. The number of hydrogen-bond acceptors (Lipinski definition) is 2. The van der Waals surface area contributed by atoms with Crippen LogP contribution >= 0.6 is 15.9 Å².